The minimum atomic E-state index is 0.374. The standard InChI is InChI=1S/C9H16N2O.C2H6/c1-10-5-6-11-8(7-10)3-2-4-9(11)12;1-2/h8H,2-7H2,1H3;1-2H3/t8-;/m1./s1. The minimum absolute atomic E-state index is 0.374. The molecular weight excluding hydrogens is 176 g/mol. The molecule has 2 aliphatic heterocycles. The van der Waals surface area contributed by atoms with Crippen LogP contribution in [-0.2, 0) is 4.79 Å². The molecule has 2 heterocycles. The van der Waals surface area contributed by atoms with E-state index in [1.807, 2.05) is 13.8 Å². The Morgan fingerprint density at radius 3 is 2.71 bits per heavy atom. The highest BCUT2D eigenvalue weighted by molar-refractivity contribution is 5.77. The van der Waals surface area contributed by atoms with Crippen LogP contribution in [0, 0.1) is 0 Å². The predicted molar refractivity (Wildman–Crippen MR) is 58.2 cm³/mol. The van der Waals surface area contributed by atoms with Gasteiger partial charge >= 0.3 is 0 Å². The van der Waals surface area contributed by atoms with Crippen molar-refractivity contribution >= 4 is 5.91 Å². The summed E-state index contributed by atoms with van der Waals surface area (Å²) in [6.07, 6.45) is 3.07. The number of hydrogen-bond acceptors (Lipinski definition) is 2. The third-order valence-electron chi connectivity index (χ3n) is 2.93. The predicted octanol–water partition coefficient (Wildman–Crippen LogP) is 1.34. The molecule has 0 aromatic heterocycles. The molecule has 0 aliphatic carbocycles. The zero-order valence-electron chi connectivity index (χ0n) is 9.62. The molecule has 2 saturated heterocycles. The van der Waals surface area contributed by atoms with E-state index in [1.54, 1.807) is 0 Å². The molecule has 1 amide bonds. The lowest BCUT2D eigenvalue weighted by Crippen LogP contribution is -2.55. The Hall–Kier alpha value is -0.570. The molecule has 0 aromatic rings. The van der Waals surface area contributed by atoms with E-state index >= 15 is 0 Å². The second-order valence-electron chi connectivity index (χ2n) is 3.90. The molecule has 0 radical (unpaired) electrons. The summed E-state index contributed by atoms with van der Waals surface area (Å²) in [6, 6.07) is 0.519. The maximum atomic E-state index is 11.4. The summed E-state index contributed by atoms with van der Waals surface area (Å²) in [5.41, 5.74) is 0. The first-order valence-electron chi connectivity index (χ1n) is 5.75. The number of hydrogen-bond donors (Lipinski definition) is 0. The number of carbonyl (C=O) groups excluding carboxylic acids is 1. The van der Waals surface area contributed by atoms with Gasteiger partial charge in [-0.1, -0.05) is 13.8 Å². The summed E-state index contributed by atoms with van der Waals surface area (Å²) >= 11 is 0. The van der Waals surface area contributed by atoms with Gasteiger partial charge in [-0.2, -0.15) is 0 Å². The Labute approximate surface area is 87.1 Å². The summed E-state index contributed by atoms with van der Waals surface area (Å²) in [4.78, 5) is 15.8. The molecule has 0 N–H and O–H groups in total. The third-order valence-corrected chi connectivity index (χ3v) is 2.93. The van der Waals surface area contributed by atoms with Gasteiger partial charge < -0.3 is 9.80 Å². The molecule has 0 aromatic carbocycles. The smallest absolute Gasteiger partial charge is 0.222 e. The highest BCUT2D eigenvalue weighted by Crippen LogP contribution is 2.21. The van der Waals surface area contributed by atoms with Crippen LogP contribution in [0.5, 0.6) is 0 Å². The van der Waals surface area contributed by atoms with Crippen LogP contribution >= 0.6 is 0 Å². The zero-order valence-corrected chi connectivity index (χ0v) is 9.62. The van der Waals surface area contributed by atoms with E-state index in [4.69, 9.17) is 0 Å². The van der Waals surface area contributed by atoms with Gasteiger partial charge in [0.25, 0.3) is 0 Å². The van der Waals surface area contributed by atoms with Crippen molar-refractivity contribution in [1.29, 1.82) is 0 Å². The topological polar surface area (TPSA) is 23.6 Å². The molecule has 0 unspecified atom stereocenters. The average Bonchev–Trinajstić information content (AvgIpc) is 2.21. The van der Waals surface area contributed by atoms with Crippen LogP contribution in [0.2, 0.25) is 0 Å². The van der Waals surface area contributed by atoms with E-state index in [-0.39, 0.29) is 0 Å². The first kappa shape index (κ1) is 11.5. The molecular formula is C11H22N2O. The van der Waals surface area contributed by atoms with Crippen molar-refractivity contribution in [2.45, 2.75) is 39.2 Å². The summed E-state index contributed by atoms with van der Waals surface area (Å²) in [5.74, 6) is 0.374. The van der Waals surface area contributed by atoms with Crippen LogP contribution < -0.4 is 0 Å². The molecule has 2 fully saturated rings. The van der Waals surface area contributed by atoms with Crippen LogP contribution in [0.4, 0.5) is 0 Å². The van der Waals surface area contributed by atoms with E-state index in [2.05, 4.69) is 16.8 Å². The lowest BCUT2D eigenvalue weighted by Gasteiger charge is -2.42. The van der Waals surface area contributed by atoms with E-state index in [0.717, 1.165) is 32.5 Å². The molecule has 82 valence electrons. The number of carbonyl (C=O) groups is 1. The van der Waals surface area contributed by atoms with Gasteiger partial charge in [-0.25, -0.2) is 0 Å². The Bertz CT molecular complexity index is 194. The summed E-state index contributed by atoms with van der Waals surface area (Å²) in [5, 5.41) is 0. The Kier molecular flexibility index (Phi) is 4.39. The van der Waals surface area contributed by atoms with Gasteiger partial charge in [0.1, 0.15) is 0 Å². The number of rotatable bonds is 0. The van der Waals surface area contributed by atoms with Crippen LogP contribution in [0.3, 0.4) is 0 Å². The van der Waals surface area contributed by atoms with E-state index in [9.17, 15) is 4.79 Å². The first-order chi connectivity index (χ1) is 6.77. The molecule has 1 atom stereocenters. The number of fused-ring (bicyclic) bond motifs is 1. The lowest BCUT2D eigenvalue weighted by molar-refractivity contribution is -0.139. The lowest BCUT2D eigenvalue weighted by atomic mass is 9.99. The van der Waals surface area contributed by atoms with Crippen molar-refractivity contribution in [2.75, 3.05) is 26.7 Å². The zero-order chi connectivity index (χ0) is 10.6. The van der Waals surface area contributed by atoms with Gasteiger partial charge in [-0.3, -0.25) is 4.79 Å². The molecule has 3 nitrogen and oxygen atoms in total. The Balaban J connectivity index is 0.000000461. The highest BCUT2D eigenvalue weighted by atomic mass is 16.2. The van der Waals surface area contributed by atoms with Crippen LogP contribution in [-0.4, -0.2) is 48.4 Å². The molecule has 2 aliphatic rings. The van der Waals surface area contributed by atoms with Gasteiger partial charge in [-0.05, 0) is 19.9 Å². The largest absolute Gasteiger partial charge is 0.337 e. The summed E-state index contributed by atoms with van der Waals surface area (Å²) in [6.45, 7) is 7.06. The van der Waals surface area contributed by atoms with Crippen LogP contribution in [0.1, 0.15) is 33.1 Å². The van der Waals surface area contributed by atoms with Crippen LogP contribution in [0.15, 0.2) is 0 Å². The van der Waals surface area contributed by atoms with Crippen LogP contribution in [0.25, 0.3) is 0 Å². The number of amides is 1. The quantitative estimate of drug-likeness (QED) is 0.586. The second kappa shape index (κ2) is 5.35. The second-order valence-corrected chi connectivity index (χ2v) is 3.90. The number of piperidine rings is 1. The Morgan fingerprint density at radius 1 is 1.29 bits per heavy atom. The van der Waals surface area contributed by atoms with Crippen molar-refractivity contribution in [1.82, 2.24) is 9.80 Å². The van der Waals surface area contributed by atoms with Crippen molar-refractivity contribution < 1.29 is 4.79 Å². The molecule has 0 saturated carbocycles. The maximum Gasteiger partial charge on any atom is 0.222 e. The van der Waals surface area contributed by atoms with Gasteiger partial charge in [0.15, 0.2) is 0 Å². The number of piperazine rings is 1. The van der Waals surface area contributed by atoms with Crippen molar-refractivity contribution in [3.8, 4) is 0 Å². The van der Waals surface area contributed by atoms with Gasteiger partial charge in [0.05, 0.1) is 0 Å². The molecule has 3 heteroatoms. The monoisotopic (exact) mass is 198 g/mol. The fourth-order valence-corrected chi connectivity index (χ4v) is 2.22. The first-order valence-corrected chi connectivity index (χ1v) is 5.75. The normalized spacial score (nSPS) is 27.8. The fraction of sp³-hybridized carbons (Fsp3) is 0.909. The molecule has 0 spiro atoms. The van der Waals surface area contributed by atoms with Crippen molar-refractivity contribution in [3.63, 3.8) is 0 Å². The maximum absolute atomic E-state index is 11.4. The molecule has 0 bridgehead atoms. The number of nitrogens with zero attached hydrogens (tertiary/aromatic N) is 2. The highest BCUT2D eigenvalue weighted by Gasteiger charge is 2.31. The van der Waals surface area contributed by atoms with Gasteiger partial charge in [0, 0.05) is 32.1 Å². The van der Waals surface area contributed by atoms with Crippen molar-refractivity contribution in [3.05, 3.63) is 0 Å². The molecule has 14 heavy (non-hydrogen) atoms. The van der Waals surface area contributed by atoms with Crippen molar-refractivity contribution in [2.24, 2.45) is 0 Å². The Morgan fingerprint density at radius 2 is 2.00 bits per heavy atom. The van der Waals surface area contributed by atoms with Gasteiger partial charge in [-0.15, -0.1) is 0 Å². The fourth-order valence-electron chi connectivity index (χ4n) is 2.22. The molecule has 2 rings (SSSR count). The van der Waals surface area contributed by atoms with E-state index in [0.29, 0.717) is 11.9 Å². The summed E-state index contributed by atoms with van der Waals surface area (Å²) in [7, 11) is 2.14. The average molecular weight is 198 g/mol. The number of likely N-dealkylation sites (N-methyl/N-ethyl adjacent to an activating group) is 1. The minimum Gasteiger partial charge on any atom is -0.337 e. The van der Waals surface area contributed by atoms with Gasteiger partial charge in [0.2, 0.25) is 5.91 Å². The SMILES string of the molecule is CC.CN1CCN2C(=O)CCC[C@@H]2C1. The summed E-state index contributed by atoms with van der Waals surface area (Å²) < 4.78 is 0. The van der Waals surface area contributed by atoms with E-state index in [1.165, 1.54) is 6.42 Å². The van der Waals surface area contributed by atoms with E-state index < -0.39 is 0 Å². The third kappa shape index (κ3) is 2.47.